The fraction of sp³-hybridized carbons (Fsp3) is 1.00. The summed E-state index contributed by atoms with van der Waals surface area (Å²) in [7, 11) is 4.05. The first-order valence-electron chi connectivity index (χ1n) is 8.78. The van der Waals surface area contributed by atoms with E-state index in [4.69, 9.17) is 4.74 Å². The lowest BCUT2D eigenvalue weighted by atomic mass is 9.70. The van der Waals surface area contributed by atoms with E-state index in [1.165, 1.54) is 38.8 Å². The summed E-state index contributed by atoms with van der Waals surface area (Å²) in [6, 6.07) is 0.497. The Morgan fingerprint density at radius 2 is 1.86 bits per heavy atom. The molecule has 1 fully saturated rings. The molecule has 0 heterocycles. The molecule has 0 radical (unpaired) electrons. The van der Waals surface area contributed by atoms with Crippen LogP contribution in [0.4, 0.5) is 0 Å². The topological polar surface area (TPSA) is 24.5 Å². The molecule has 126 valence electrons. The Bertz CT molecular complexity index is 272. The molecule has 21 heavy (non-hydrogen) atoms. The van der Waals surface area contributed by atoms with Gasteiger partial charge in [0.15, 0.2) is 0 Å². The molecule has 3 nitrogen and oxygen atoms in total. The maximum absolute atomic E-state index is 5.32. The summed E-state index contributed by atoms with van der Waals surface area (Å²) >= 11 is 0. The van der Waals surface area contributed by atoms with E-state index in [0.29, 0.717) is 11.5 Å². The molecule has 1 aliphatic carbocycles. The van der Waals surface area contributed by atoms with Crippen LogP contribution >= 0.6 is 0 Å². The second-order valence-corrected chi connectivity index (χ2v) is 7.93. The highest BCUT2D eigenvalue weighted by molar-refractivity contribution is 4.89. The molecule has 0 aromatic heterocycles. The fourth-order valence-electron chi connectivity index (χ4n) is 3.44. The maximum Gasteiger partial charge on any atom is 0.0615 e. The zero-order valence-corrected chi connectivity index (χ0v) is 15.2. The number of ether oxygens (including phenoxy) is 1. The molecule has 0 aromatic rings. The van der Waals surface area contributed by atoms with Crippen molar-refractivity contribution in [3.63, 3.8) is 0 Å². The van der Waals surface area contributed by atoms with Gasteiger partial charge >= 0.3 is 0 Å². The Hall–Kier alpha value is -0.120. The van der Waals surface area contributed by atoms with Gasteiger partial charge in [0.25, 0.3) is 0 Å². The van der Waals surface area contributed by atoms with E-state index in [0.717, 1.165) is 25.0 Å². The second kappa shape index (κ2) is 9.12. The van der Waals surface area contributed by atoms with Crippen LogP contribution < -0.4 is 5.32 Å². The highest BCUT2D eigenvalue weighted by Crippen LogP contribution is 2.39. The monoisotopic (exact) mass is 298 g/mol. The third-order valence-electron chi connectivity index (χ3n) is 5.13. The minimum atomic E-state index is 0.456. The summed E-state index contributed by atoms with van der Waals surface area (Å²) in [4.78, 5) is 2.50. The first kappa shape index (κ1) is 18.9. The highest BCUT2D eigenvalue weighted by atomic mass is 16.5. The molecule has 0 aliphatic heterocycles. The van der Waals surface area contributed by atoms with Crippen molar-refractivity contribution in [1.29, 1.82) is 0 Å². The van der Waals surface area contributed by atoms with E-state index in [-0.39, 0.29) is 0 Å². The molecule has 0 saturated heterocycles. The predicted octanol–water partition coefficient (Wildman–Crippen LogP) is 3.40. The van der Waals surface area contributed by atoms with Crippen molar-refractivity contribution in [2.24, 2.45) is 17.3 Å². The normalized spacial score (nSPS) is 28.3. The quantitative estimate of drug-likeness (QED) is 0.706. The minimum absolute atomic E-state index is 0.456. The Morgan fingerprint density at radius 3 is 2.38 bits per heavy atom. The first-order chi connectivity index (χ1) is 9.88. The Kier molecular flexibility index (Phi) is 8.22. The summed E-state index contributed by atoms with van der Waals surface area (Å²) in [5.41, 5.74) is 0.456. The van der Waals surface area contributed by atoms with Gasteiger partial charge in [0.2, 0.25) is 0 Å². The van der Waals surface area contributed by atoms with E-state index in [9.17, 15) is 0 Å². The summed E-state index contributed by atoms with van der Waals surface area (Å²) in [6.45, 7) is 13.6. The zero-order valence-electron chi connectivity index (χ0n) is 15.2. The van der Waals surface area contributed by atoms with E-state index < -0.39 is 0 Å². The van der Waals surface area contributed by atoms with Crippen molar-refractivity contribution in [3.05, 3.63) is 0 Å². The molecule has 0 amide bonds. The lowest BCUT2D eigenvalue weighted by Crippen LogP contribution is -2.48. The number of hydrogen-bond donors (Lipinski definition) is 1. The van der Waals surface area contributed by atoms with Crippen molar-refractivity contribution in [1.82, 2.24) is 10.2 Å². The van der Waals surface area contributed by atoms with E-state index >= 15 is 0 Å². The summed E-state index contributed by atoms with van der Waals surface area (Å²) in [5.74, 6) is 1.64. The highest BCUT2D eigenvalue weighted by Gasteiger charge is 2.35. The molecule has 0 bridgehead atoms. The van der Waals surface area contributed by atoms with E-state index in [2.05, 4.69) is 45.0 Å². The van der Waals surface area contributed by atoms with Crippen molar-refractivity contribution in [2.45, 2.75) is 59.4 Å². The van der Waals surface area contributed by atoms with Crippen LogP contribution in [0.15, 0.2) is 0 Å². The summed E-state index contributed by atoms with van der Waals surface area (Å²) in [5, 5.41) is 3.73. The average molecular weight is 299 g/mol. The van der Waals surface area contributed by atoms with Crippen LogP contribution in [0.2, 0.25) is 0 Å². The van der Waals surface area contributed by atoms with Gasteiger partial charge in [0, 0.05) is 26.2 Å². The van der Waals surface area contributed by atoms with Crippen molar-refractivity contribution >= 4 is 0 Å². The first-order valence-corrected chi connectivity index (χ1v) is 8.78. The van der Waals surface area contributed by atoms with E-state index in [1.807, 2.05) is 0 Å². The van der Waals surface area contributed by atoms with E-state index in [1.54, 1.807) is 7.11 Å². The zero-order chi connectivity index (χ0) is 15.9. The van der Waals surface area contributed by atoms with Gasteiger partial charge in [-0.25, -0.2) is 0 Å². The van der Waals surface area contributed by atoms with Gasteiger partial charge in [-0.1, -0.05) is 33.6 Å². The number of likely N-dealkylation sites (N-methyl/N-ethyl adjacent to an activating group) is 1. The van der Waals surface area contributed by atoms with Crippen LogP contribution in [-0.2, 0) is 4.74 Å². The summed E-state index contributed by atoms with van der Waals surface area (Å²) < 4.78 is 5.32. The molecular formula is C18H38N2O. The molecule has 1 rings (SSSR count). The Morgan fingerprint density at radius 1 is 1.24 bits per heavy atom. The number of hydrogen-bond acceptors (Lipinski definition) is 3. The van der Waals surface area contributed by atoms with Crippen LogP contribution in [0.1, 0.15) is 53.4 Å². The molecule has 1 N–H and O–H groups in total. The number of nitrogens with zero attached hydrogens (tertiary/aromatic N) is 1. The van der Waals surface area contributed by atoms with Gasteiger partial charge in [-0.05, 0) is 50.6 Å². The van der Waals surface area contributed by atoms with Gasteiger partial charge in [-0.15, -0.1) is 0 Å². The van der Waals surface area contributed by atoms with Crippen LogP contribution in [0, 0.1) is 17.3 Å². The van der Waals surface area contributed by atoms with Crippen molar-refractivity contribution in [2.75, 3.05) is 40.4 Å². The van der Waals surface area contributed by atoms with Gasteiger partial charge in [0.1, 0.15) is 0 Å². The molecule has 1 unspecified atom stereocenters. The van der Waals surface area contributed by atoms with Crippen LogP contribution in [0.5, 0.6) is 0 Å². The third kappa shape index (κ3) is 6.66. The molecule has 0 aromatic carbocycles. The van der Waals surface area contributed by atoms with Crippen LogP contribution in [-0.4, -0.2) is 51.3 Å². The molecule has 0 spiro atoms. The average Bonchev–Trinajstić information content (AvgIpc) is 2.42. The van der Waals surface area contributed by atoms with Crippen molar-refractivity contribution < 1.29 is 4.74 Å². The lowest BCUT2D eigenvalue weighted by molar-refractivity contribution is 0.0531. The summed E-state index contributed by atoms with van der Waals surface area (Å²) in [6.07, 6.45) is 5.50. The van der Waals surface area contributed by atoms with Gasteiger partial charge in [-0.2, -0.15) is 0 Å². The molecule has 3 heteroatoms. The molecule has 1 aliphatic rings. The predicted molar refractivity (Wildman–Crippen MR) is 91.7 cm³/mol. The second-order valence-electron chi connectivity index (χ2n) is 7.93. The van der Waals surface area contributed by atoms with Crippen LogP contribution in [0.3, 0.4) is 0 Å². The van der Waals surface area contributed by atoms with Gasteiger partial charge in [0.05, 0.1) is 6.61 Å². The third-order valence-corrected chi connectivity index (χ3v) is 5.13. The Balaban J connectivity index is 2.59. The minimum Gasteiger partial charge on any atom is -0.383 e. The lowest BCUT2D eigenvalue weighted by Gasteiger charge is -2.43. The molecule has 1 atom stereocenters. The van der Waals surface area contributed by atoms with Crippen LogP contribution in [0.25, 0.3) is 0 Å². The van der Waals surface area contributed by atoms with Crippen molar-refractivity contribution in [3.8, 4) is 0 Å². The number of rotatable bonds is 9. The SMILES string of the molecule is COCC(C)N(C)CC1(CNCC(C)C)CCC(C)CC1. The largest absolute Gasteiger partial charge is 0.383 e. The standard InChI is InChI=1S/C18H38N2O/c1-15(2)11-19-13-18(9-7-16(3)8-10-18)14-20(5)17(4)12-21-6/h15-17,19H,7-14H2,1-6H3. The number of nitrogens with one attached hydrogen (secondary N) is 1. The number of methoxy groups -OCH3 is 1. The molecular weight excluding hydrogens is 260 g/mol. The smallest absolute Gasteiger partial charge is 0.0615 e. The maximum atomic E-state index is 5.32. The van der Waals surface area contributed by atoms with Gasteiger partial charge in [-0.3, -0.25) is 0 Å². The Labute approximate surface area is 132 Å². The van der Waals surface area contributed by atoms with Gasteiger partial charge < -0.3 is 15.0 Å². The fourth-order valence-corrected chi connectivity index (χ4v) is 3.44. The molecule has 1 saturated carbocycles.